The molecule has 0 unspecified atom stereocenters. The number of rotatable bonds is 3. The standard InChI is InChI=1S/C7H11NO3/c1-11-4-7(6(8)10)2-5(9)3-7/h2-4H2,1H3,(H2,8,10). The highest BCUT2D eigenvalue weighted by molar-refractivity contribution is 5.99. The van der Waals surface area contributed by atoms with Gasteiger partial charge in [0.25, 0.3) is 0 Å². The van der Waals surface area contributed by atoms with E-state index in [1.165, 1.54) is 7.11 Å². The zero-order valence-corrected chi connectivity index (χ0v) is 6.42. The number of methoxy groups -OCH3 is 1. The fraction of sp³-hybridized carbons (Fsp3) is 0.714. The predicted molar refractivity (Wildman–Crippen MR) is 37.7 cm³/mol. The van der Waals surface area contributed by atoms with Crippen LogP contribution in [0.15, 0.2) is 0 Å². The normalized spacial score (nSPS) is 21.0. The van der Waals surface area contributed by atoms with Crippen LogP contribution in [0, 0.1) is 5.41 Å². The second-order valence-corrected chi connectivity index (χ2v) is 2.97. The van der Waals surface area contributed by atoms with Crippen molar-refractivity contribution in [1.82, 2.24) is 0 Å². The minimum absolute atomic E-state index is 0.0841. The molecule has 0 heterocycles. The van der Waals surface area contributed by atoms with Gasteiger partial charge < -0.3 is 10.5 Å². The van der Waals surface area contributed by atoms with Gasteiger partial charge in [0.2, 0.25) is 5.91 Å². The maximum Gasteiger partial charge on any atom is 0.226 e. The minimum Gasteiger partial charge on any atom is -0.384 e. The molecule has 1 saturated carbocycles. The van der Waals surface area contributed by atoms with Gasteiger partial charge in [-0.25, -0.2) is 0 Å². The Morgan fingerprint density at radius 3 is 2.55 bits per heavy atom. The summed E-state index contributed by atoms with van der Waals surface area (Å²) in [4.78, 5) is 21.5. The van der Waals surface area contributed by atoms with Gasteiger partial charge in [-0.3, -0.25) is 9.59 Å². The van der Waals surface area contributed by atoms with Crippen LogP contribution in [0.25, 0.3) is 0 Å². The van der Waals surface area contributed by atoms with E-state index in [0.29, 0.717) is 0 Å². The molecule has 1 aliphatic rings. The lowest BCUT2D eigenvalue weighted by Gasteiger charge is -2.36. The smallest absolute Gasteiger partial charge is 0.226 e. The molecule has 0 aromatic heterocycles. The van der Waals surface area contributed by atoms with Crippen LogP contribution in [0.5, 0.6) is 0 Å². The summed E-state index contributed by atoms with van der Waals surface area (Å²) in [5.74, 6) is -0.347. The summed E-state index contributed by atoms with van der Waals surface area (Å²) in [5, 5.41) is 0. The fourth-order valence-electron chi connectivity index (χ4n) is 1.33. The number of ketones is 1. The lowest BCUT2D eigenvalue weighted by atomic mass is 9.68. The summed E-state index contributed by atoms with van der Waals surface area (Å²) in [7, 11) is 1.49. The Hall–Kier alpha value is -0.900. The number of carbonyl (C=O) groups is 2. The molecule has 1 rings (SSSR count). The molecule has 0 aliphatic heterocycles. The Morgan fingerprint density at radius 2 is 2.27 bits per heavy atom. The molecule has 0 radical (unpaired) electrons. The topological polar surface area (TPSA) is 69.4 Å². The van der Waals surface area contributed by atoms with Gasteiger partial charge in [-0.1, -0.05) is 0 Å². The number of hydrogen-bond donors (Lipinski definition) is 1. The van der Waals surface area contributed by atoms with Gasteiger partial charge in [0.05, 0.1) is 12.0 Å². The minimum atomic E-state index is -0.689. The molecule has 1 amide bonds. The van der Waals surface area contributed by atoms with Crippen molar-refractivity contribution in [3.05, 3.63) is 0 Å². The van der Waals surface area contributed by atoms with E-state index >= 15 is 0 Å². The van der Waals surface area contributed by atoms with Gasteiger partial charge in [0, 0.05) is 20.0 Å². The van der Waals surface area contributed by atoms with Crippen LogP contribution in [-0.2, 0) is 14.3 Å². The molecule has 4 heteroatoms. The average molecular weight is 157 g/mol. The van der Waals surface area contributed by atoms with E-state index in [4.69, 9.17) is 10.5 Å². The molecular weight excluding hydrogens is 146 g/mol. The Balaban J connectivity index is 2.60. The molecule has 0 bridgehead atoms. The van der Waals surface area contributed by atoms with Crippen LogP contribution in [0.3, 0.4) is 0 Å². The first-order valence-corrected chi connectivity index (χ1v) is 3.41. The number of Topliss-reactive ketones (excluding diaryl/α,β-unsaturated/α-hetero) is 1. The number of carbonyl (C=O) groups excluding carboxylic acids is 2. The van der Waals surface area contributed by atoms with Crippen LogP contribution in [0.2, 0.25) is 0 Å². The van der Waals surface area contributed by atoms with Crippen LogP contribution in [0.1, 0.15) is 12.8 Å². The van der Waals surface area contributed by atoms with Crippen molar-refractivity contribution in [1.29, 1.82) is 0 Å². The molecule has 0 spiro atoms. The van der Waals surface area contributed by atoms with E-state index in [1.54, 1.807) is 0 Å². The Kier molecular flexibility index (Phi) is 1.95. The monoisotopic (exact) mass is 157 g/mol. The molecular formula is C7H11NO3. The molecule has 1 aliphatic carbocycles. The number of ether oxygens (including phenoxy) is 1. The van der Waals surface area contributed by atoms with Crippen molar-refractivity contribution in [2.45, 2.75) is 12.8 Å². The highest BCUT2D eigenvalue weighted by Gasteiger charge is 2.48. The molecule has 2 N–H and O–H groups in total. The van der Waals surface area contributed by atoms with Crippen molar-refractivity contribution in [3.8, 4) is 0 Å². The third-order valence-corrected chi connectivity index (χ3v) is 2.01. The maximum absolute atomic E-state index is 10.8. The van der Waals surface area contributed by atoms with Crippen molar-refractivity contribution in [2.24, 2.45) is 11.1 Å². The predicted octanol–water partition coefficient (Wildman–Crippen LogP) is -0.533. The van der Waals surface area contributed by atoms with Crippen molar-refractivity contribution in [3.63, 3.8) is 0 Å². The van der Waals surface area contributed by atoms with Gasteiger partial charge in [-0.15, -0.1) is 0 Å². The Bertz CT molecular complexity index is 192. The number of amides is 1. The number of primary amides is 1. The molecule has 11 heavy (non-hydrogen) atoms. The first-order valence-electron chi connectivity index (χ1n) is 3.41. The van der Waals surface area contributed by atoms with Gasteiger partial charge >= 0.3 is 0 Å². The van der Waals surface area contributed by atoms with Gasteiger partial charge in [-0.05, 0) is 0 Å². The quantitative estimate of drug-likeness (QED) is 0.598. The molecule has 62 valence electrons. The van der Waals surface area contributed by atoms with Crippen LogP contribution >= 0.6 is 0 Å². The van der Waals surface area contributed by atoms with Crippen LogP contribution in [-0.4, -0.2) is 25.4 Å². The highest BCUT2D eigenvalue weighted by Crippen LogP contribution is 2.37. The van der Waals surface area contributed by atoms with Crippen LogP contribution < -0.4 is 5.73 Å². The van der Waals surface area contributed by atoms with E-state index in [2.05, 4.69) is 0 Å². The third-order valence-electron chi connectivity index (χ3n) is 2.01. The number of nitrogens with two attached hydrogens (primary N) is 1. The van der Waals surface area contributed by atoms with Crippen LogP contribution in [0.4, 0.5) is 0 Å². The largest absolute Gasteiger partial charge is 0.384 e. The van der Waals surface area contributed by atoms with Crippen molar-refractivity contribution >= 4 is 11.7 Å². The lowest BCUT2D eigenvalue weighted by Crippen LogP contribution is -2.50. The zero-order chi connectivity index (χ0) is 8.48. The molecule has 0 aromatic carbocycles. The SMILES string of the molecule is COCC1(C(N)=O)CC(=O)C1. The molecule has 0 saturated heterocycles. The summed E-state index contributed by atoms with van der Waals surface area (Å²) >= 11 is 0. The second-order valence-electron chi connectivity index (χ2n) is 2.97. The summed E-state index contributed by atoms with van der Waals surface area (Å²) < 4.78 is 4.81. The Labute approximate surface area is 64.7 Å². The summed E-state index contributed by atoms with van der Waals surface area (Å²) in [6.45, 7) is 0.258. The summed E-state index contributed by atoms with van der Waals surface area (Å²) in [6.07, 6.45) is 0.492. The molecule has 4 nitrogen and oxygen atoms in total. The third kappa shape index (κ3) is 1.26. The lowest BCUT2D eigenvalue weighted by molar-refractivity contribution is -0.149. The first kappa shape index (κ1) is 8.20. The second kappa shape index (κ2) is 2.62. The summed E-state index contributed by atoms with van der Waals surface area (Å²) in [5.41, 5.74) is 4.42. The van der Waals surface area contributed by atoms with E-state index in [-0.39, 0.29) is 25.2 Å². The highest BCUT2D eigenvalue weighted by atomic mass is 16.5. The Morgan fingerprint density at radius 1 is 1.73 bits per heavy atom. The maximum atomic E-state index is 10.8. The average Bonchev–Trinajstić information content (AvgIpc) is 1.84. The number of hydrogen-bond acceptors (Lipinski definition) is 3. The first-order chi connectivity index (χ1) is 5.10. The van der Waals surface area contributed by atoms with E-state index in [1.807, 2.05) is 0 Å². The summed E-state index contributed by atoms with van der Waals surface area (Å²) in [6, 6.07) is 0. The van der Waals surface area contributed by atoms with Crippen molar-refractivity contribution in [2.75, 3.05) is 13.7 Å². The van der Waals surface area contributed by atoms with Crippen molar-refractivity contribution < 1.29 is 14.3 Å². The van der Waals surface area contributed by atoms with Gasteiger partial charge in [0.1, 0.15) is 5.78 Å². The molecule has 0 atom stereocenters. The fourth-order valence-corrected chi connectivity index (χ4v) is 1.33. The zero-order valence-electron chi connectivity index (χ0n) is 6.42. The molecule has 0 aromatic rings. The molecule has 1 fully saturated rings. The van der Waals surface area contributed by atoms with E-state index < -0.39 is 11.3 Å². The van der Waals surface area contributed by atoms with Gasteiger partial charge in [0.15, 0.2) is 0 Å². The van der Waals surface area contributed by atoms with E-state index in [0.717, 1.165) is 0 Å². The van der Waals surface area contributed by atoms with Gasteiger partial charge in [-0.2, -0.15) is 0 Å². The van der Waals surface area contributed by atoms with E-state index in [9.17, 15) is 9.59 Å².